The van der Waals surface area contributed by atoms with Crippen LogP contribution in [0.1, 0.15) is 19.8 Å². The van der Waals surface area contributed by atoms with Crippen molar-refractivity contribution in [3.63, 3.8) is 0 Å². The first-order valence-electron chi connectivity index (χ1n) is 6.53. The fraction of sp³-hybridized carbons (Fsp3) is 0.357. The summed E-state index contributed by atoms with van der Waals surface area (Å²) in [5.74, 6) is 0. The van der Waals surface area contributed by atoms with E-state index in [-0.39, 0.29) is 18.3 Å². The topological polar surface area (TPSA) is 88.3 Å². The molecule has 20 heavy (non-hydrogen) atoms. The summed E-state index contributed by atoms with van der Waals surface area (Å²) in [7, 11) is 0. The average Bonchev–Trinajstić information content (AvgIpc) is 2.45. The molecule has 0 aliphatic rings. The number of nitro groups is 1. The first kappa shape index (κ1) is 14.2. The number of hydrogen-bond donors (Lipinski definition) is 2. The molecule has 0 bridgehead atoms. The number of nitro benzene ring substituents is 1. The summed E-state index contributed by atoms with van der Waals surface area (Å²) < 4.78 is 0. The normalized spacial score (nSPS) is 12.3. The van der Waals surface area contributed by atoms with Crippen molar-refractivity contribution in [3.05, 3.63) is 40.6 Å². The Kier molecular flexibility index (Phi) is 4.47. The predicted octanol–water partition coefficient (Wildman–Crippen LogP) is 2.72. The molecule has 0 radical (unpaired) electrons. The quantitative estimate of drug-likeness (QED) is 0.625. The van der Waals surface area contributed by atoms with Crippen LogP contribution in [0.2, 0.25) is 0 Å². The van der Waals surface area contributed by atoms with Gasteiger partial charge >= 0.3 is 0 Å². The summed E-state index contributed by atoms with van der Waals surface area (Å²) in [6.07, 6.45) is 3.16. The SMILES string of the molecule is CC(CCCO)Nc1ccc([N+](=O)[O-])c2cccnc12. The molecule has 2 rings (SSSR count). The largest absolute Gasteiger partial charge is 0.396 e. The second kappa shape index (κ2) is 6.29. The Balaban J connectivity index is 2.35. The maximum Gasteiger partial charge on any atom is 0.278 e. The van der Waals surface area contributed by atoms with Gasteiger partial charge in [0.15, 0.2) is 0 Å². The number of aliphatic hydroxyl groups is 1. The highest BCUT2D eigenvalue weighted by molar-refractivity contribution is 5.96. The highest BCUT2D eigenvalue weighted by Crippen LogP contribution is 2.30. The molecule has 106 valence electrons. The van der Waals surface area contributed by atoms with Gasteiger partial charge in [-0.2, -0.15) is 0 Å². The molecule has 1 heterocycles. The molecule has 0 spiro atoms. The van der Waals surface area contributed by atoms with Crippen molar-refractivity contribution in [3.8, 4) is 0 Å². The minimum atomic E-state index is -0.400. The number of nitrogens with zero attached hydrogens (tertiary/aromatic N) is 2. The molecule has 0 amide bonds. The molecule has 6 heteroatoms. The molecule has 1 aromatic carbocycles. The Hall–Kier alpha value is -2.21. The fourth-order valence-electron chi connectivity index (χ4n) is 2.17. The molecule has 0 aliphatic heterocycles. The lowest BCUT2D eigenvalue weighted by atomic mass is 10.1. The van der Waals surface area contributed by atoms with E-state index in [0.29, 0.717) is 17.3 Å². The maximum atomic E-state index is 11.0. The number of anilines is 1. The molecule has 6 nitrogen and oxygen atoms in total. The Labute approximate surface area is 116 Å². The summed E-state index contributed by atoms with van der Waals surface area (Å²) in [4.78, 5) is 14.9. The molecule has 2 aromatic rings. The van der Waals surface area contributed by atoms with E-state index in [4.69, 9.17) is 5.11 Å². The van der Waals surface area contributed by atoms with Crippen molar-refractivity contribution in [1.82, 2.24) is 4.98 Å². The van der Waals surface area contributed by atoms with Crippen molar-refractivity contribution in [2.75, 3.05) is 11.9 Å². The molecule has 0 saturated carbocycles. The zero-order valence-electron chi connectivity index (χ0n) is 11.2. The third kappa shape index (κ3) is 3.03. The van der Waals surface area contributed by atoms with Gasteiger partial charge in [0.2, 0.25) is 0 Å². The lowest BCUT2D eigenvalue weighted by Gasteiger charge is -2.16. The van der Waals surface area contributed by atoms with Gasteiger partial charge in [0.1, 0.15) is 5.52 Å². The highest BCUT2D eigenvalue weighted by Gasteiger charge is 2.15. The van der Waals surface area contributed by atoms with E-state index in [0.717, 1.165) is 12.1 Å². The Bertz CT molecular complexity index is 616. The zero-order valence-corrected chi connectivity index (χ0v) is 11.2. The standard InChI is InChI=1S/C14H17N3O3/c1-10(4-3-9-18)16-12-6-7-13(17(19)20)11-5-2-8-15-14(11)12/h2,5-8,10,16,18H,3-4,9H2,1H3. The van der Waals surface area contributed by atoms with E-state index in [1.54, 1.807) is 24.4 Å². The molecule has 0 fully saturated rings. The number of fused-ring (bicyclic) bond motifs is 1. The molecule has 2 N–H and O–H groups in total. The van der Waals surface area contributed by atoms with Crippen LogP contribution < -0.4 is 5.32 Å². The number of nitrogens with one attached hydrogen (secondary N) is 1. The lowest BCUT2D eigenvalue weighted by Crippen LogP contribution is -2.16. The van der Waals surface area contributed by atoms with Gasteiger partial charge in [-0.3, -0.25) is 15.1 Å². The molecule has 1 aromatic heterocycles. The van der Waals surface area contributed by atoms with E-state index < -0.39 is 4.92 Å². The van der Waals surface area contributed by atoms with Gasteiger partial charge in [-0.1, -0.05) is 0 Å². The molecule has 0 aliphatic carbocycles. The Morgan fingerprint density at radius 1 is 1.45 bits per heavy atom. The van der Waals surface area contributed by atoms with Crippen LogP contribution in [-0.2, 0) is 0 Å². The zero-order chi connectivity index (χ0) is 14.5. The van der Waals surface area contributed by atoms with E-state index >= 15 is 0 Å². The summed E-state index contributed by atoms with van der Waals surface area (Å²) in [6.45, 7) is 2.16. The van der Waals surface area contributed by atoms with E-state index in [9.17, 15) is 10.1 Å². The average molecular weight is 275 g/mol. The second-order valence-electron chi connectivity index (χ2n) is 4.70. The van der Waals surface area contributed by atoms with E-state index in [2.05, 4.69) is 10.3 Å². The van der Waals surface area contributed by atoms with Crippen LogP contribution in [0.25, 0.3) is 10.9 Å². The van der Waals surface area contributed by atoms with Crippen LogP contribution in [0.3, 0.4) is 0 Å². The van der Waals surface area contributed by atoms with Crippen LogP contribution in [0.15, 0.2) is 30.5 Å². The van der Waals surface area contributed by atoms with Gasteiger partial charge in [0, 0.05) is 24.9 Å². The van der Waals surface area contributed by atoms with Crippen LogP contribution >= 0.6 is 0 Å². The van der Waals surface area contributed by atoms with Gasteiger partial charge in [-0.15, -0.1) is 0 Å². The van der Waals surface area contributed by atoms with Crippen molar-refractivity contribution in [1.29, 1.82) is 0 Å². The summed E-state index contributed by atoms with van der Waals surface area (Å²) in [5, 5.41) is 23.7. The smallest absolute Gasteiger partial charge is 0.278 e. The number of non-ortho nitro benzene ring substituents is 1. The molecular formula is C14H17N3O3. The van der Waals surface area contributed by atoms with Gasteiger partial charge < -0.3 is 10.4 Å². The third-order valence-electron chi connectivity index (χ3n) is 3.14. The predicted molar refractivity (Wildman–Crippen MR) is 77.8 cm³/mol. The number of benzene rings is 1. The highest BCUT2D eigenvalue weighted by atomic mass is 16.6. The summed E-state index contributed by atoms with van der Waals surface area (Å²) >= 11 is 0. The lowest BCUT2D eigenvalue weighted by molar-refractivity contribution is -0.383. The number of pyridine rings is 1. The van der Waals surface area contributed by atoms with Gasteiger partial charge in [-0.05, 0) is 38.0 Å². The van der Waals surface area contributed by atoms with E-state index in [1.807, 2.05) is 6.92 Å². The van der Waals surface area contributed by atoms with Crippen LogP contribution in [-0.4, -0.2) is 27.7 Å². The van der Waals surface area contributed by atoms with Crippen LogP contribution in [0.4, 0.5) is 11.4 Å². The first-order valence-corrected chi connectivity index (χ1v) is 6.53. The summed E-state index contributed by atoms with van der Waals surface area (Å²) in [5.41, 5.74) is 1.43. The molecule has 1 atom stereocenters. The Morgan fingerprint density at radius 2 is 2.25 bits per heavy atom. The minimum Gasteiger partial charge on any atom is -0.396 e. The van der Waals surface area contributed by atoms with Crippen molar-refractivity contribution in [2.24, 2.45) is 0 Å². The van der Waals surface area contributed by atoms with Crippen LogP contribution in [0, 0.1) is 10.1 Å². The van der Waals surface area contributed by atoms with Crippen molar-refractivity contribution < 1.29 is 10.0 Å². The second-order valence-corrected chi connectivity index (χ2v) is 4.70. The molecule has 1 unspecified atom stereocenters. The van der Waals surface area contributed by atoms with Crippen LogP contribution in [0.5, 0.6) is 0 Å². The summed E-state index contributed by atoms with van der Waals surface area (Å²) in [6, 6.07) is 6.72. The Morgan fingerprint density at radius 3 is 2.95 bits per heavy atom. The maximum absolute atomic E-state index is 11.0. The fourth-order valence-corrected chi connectivity index (χ4v) is 2.17. The first-order chi connectivity index (χ1) is 9.63. The molecular weight excluding hydrogens is 258 g/mol. The number of rotatable bonds is 6. The monoisotopic (exact) mass is 275 g/mol. The van der Waals surface area contributed by atoms with Gasteiger partial charge in [0.25, 0.3) is 5.69 Å². The van der Waals surface area contributed by atoms with Gasteiger partial charge in [0.05, 0.1) is 16.0 Å². The van der Waals surface area contributed by atoms with Gasteiger partial charge in [-0.25, -0.2) is 0 Å². The third-order valence-corrected chi connectivity index (χ3v) is 3.14. The number of aliphatic hydroxyl groups excluding tert-OH is 1. The van der Waals surface area contributed by atoms with E-state index in [1.165, 1.54) is 6.07 Å². The molecule has 0 saturated heterocycles. The van der Waals surface area contributed by atoms with Crippen molar-refractivity contribution >= 4 is 22.3 Å². The number of aromatic nitrogens is 1. The number of hydrogen-bond acceptors (Lipinski definition) is 5. The minimum absolute atomic E-state index is 0.0571. The van der Waals surface area contributed by atoms with Crippen molar-refractivity contribution in [2.45, 2.75) is 25.8 Å².